The van der Waals surface area contributed by atoms with Crippen LogP contribution in [0.1, 0.15) is 15.9 Å². The highest BCUT2D eigenvalue weighted by Crippen LogP contribution is 2.21. The van der Waals surface area contributed by atoms with Gasteiger partial charge in [-0.15, -0.1) is 0 Å². The Morgan fingerprint density at radius 2 is 1.88 bits per heavy atom. The fourth-order valence-electron chi connectivity index (χ4n) is 2.31. The fraction of sp³-hybridized carbons (Fsp3) is 0.235. The van der Waals surface area contributed by atoms with Crippen molar-refractivity contribution in [2.24, 2.45) is 0 Å². The molecular weight excluding hydrogens is 348 g/mol. The Morgan fingerprint density at radius 3 is 2.50 bits per heavy atom. The summed E-state index contributed by atoms with van der Waals surface area (Å²) in [6.07, 6.45) is 1.15. The lowest BCUT2D eigenvalue weighted by atomic mass is 10.2. The summed E-state index contributed by atoms with van der Waals surface area (Å²) in [7, 11) is -3.45. The van der Waals surface area contributed by atoms with Crippen molar-refractivity contribution in [2.45, 2.75) is 6.92 Å². The van der Waals surface area contributed by atoms with Crippen LogP contribution in [0.5, 0.6) is 0 Å². The second-order valence-corrected chi connectivity index (χ2v) is 7.73. The van der Waals surface area contributed by atoms with Crippen molar-refractivity contribution >= 4 is 33.2 Å². The number of anilines is 1. The monoisotopic (exact) mass is 366 g/mol. The third-order valence-electron chi connectivity index (χ3n) is 3.47. The highest BCUT2D eigenvalue weighted by atomic mass is 35.5. The van der Waals surface area contributed by atoms with E-state index < -0.39 is 10.0 Å². The second-order valence-electron chi connectivity index (χ2n) is 5.39. The molecule has 0 bridgehead atoms. The second kappa shape index (κ2) is 7.68. The molecule has 0 heterocycles. The molecule has 2 aromatic rings. The van der Waals surface area contributed by atoms with E-state index >= 15 is 0 Å². The predicted octanol–water partition coefficient (Wildman–Crippen LogP) is 2.84. The zero-order valence-corrected chi connectivity index (χ0v) is 15.1. The van der Waals surface area contributed by atoms with Crippen LogP contribution in [0.4, 0.5) is 5.69 Å². The molecule has 128 valence electrons. The molecule has 0 atom stereocenters. The minimum atomic E-state index is -3.45. The van der Waals surface area contributed by atoms with E-state index in [2.05, 4.69) is 5.32 Å². The Bertz CT molecular complexity index is 837. The highest BCUT2D eigenvalue weighted by molar-refractivity contribution is 7.92. The first kappa shape index (κ1) is 18.3. The van der Waals surface area contributed by atoms with Gasteiger partial charge in [0.05, 0.1) is 18.5 Å². The summed E-state index contributed by atoms with van der Waals surface area (Å²) in [6, 6.07) is 13.8. The van der Waals surface area contributed by atoms with E-state index in [0.29, 0.717) is 16.3 Å². The Kier molecular flexibility index (Phi) is 5.85. The van der Waals surface area contributed by atoms with Gasteiger partial charge in [0.2, 0.25) is 10.0 Å². The number of para-hydroxylation sites is 1. The number of benzene rings is 2. The number of sulfonamides is 1. The van der Waals surface area contributed by atoms with Crippen LogP contribution in [-0.4, -0.2) is 33.7 Å². The molecule has 0 saturated carbocycles. The van der Waals surface area contributed by atoms with Crippen molar-refractivity contribution in [1.82, 2.24) is 5.32 Å². The smallest absolute Gasteiger partial charge is 0.251 e. The normalized spacial score (nSPS) is 11.1. The lowest BCUT2D eigenvalue weighted by Gasteiger charge is -2.24. The zero-order chi connectivity index (χ0) is 17.7. The number of rotatable bonds is 6. The number of carbonyl (C=O) groups excluding carboxylic acids is 1. The van der Waals surface area contributed by atoms with Gasteiger partial charge in [-0.25, -0.2) is 8.42 Å². The van der Waals surface area contributed by atoms with Gasteiger partial charge in [-0.3, -0.25) is 9.10 Å². The van der Waals surface area contributed by atoms with Gasteiger partial charge in [-0.05, 0) is 36.8 Å². The quantitative estimate of drug-likeness (QED) is 0.854. The molecule has 0 unspecified atom stereocenters. The molecule has 0 aromatic heterocycles. The molecule has 1 N–H and O–H groups in total. The Labute approximate surface area is 147 Å². The minimum Gasteiger partial charge on any atom is -0.350 e. The van der Waals surface area contributed by atoms with Gasteiger partial charge in [0.15, 0.2) is 0 Å². The largest absolute Gasteiger partial charge is 0.350 e. The molecule has 0 radical (unpaired) electrons. The maximum absolute atomic E-state index is 12.1. The average molecular weight is 367 g/mol. The summed E-state index contributed by atoms with van der Waals surface area (Å²) in [5.74, 6) is -0.296. The first-order valence-corrected chi connectivity index (χ1v) is 9.59. The van der Waals surface area contributed by atoms with E-state index in [1.165, 1.54) is 4.31 Å². The van der Waals surface area contributed by atoms with E-state index in [9.17, 15) is 13.2 Å². The number of nitrogens with zero attached hydrogens (tertiary/aromatic N) is 1. The summed E-state index contributed by atoms with van der Waals surface area (Å²) in [5, 5.41) is 3.19. The SMILES string of the molecule is Cc1ccccc1N(CCNC(=O)c1cccc(Cl)c1)S(C)(=O)=O. The summed E-state index contributed by atoms with van der Waals surface area (Å²) in [6.45, 7) is 2.18. The molecule has 0 saturated heterocycles. The number of aryl methyl sites for hydroxylation is 1. The van der Waals surface area contributed by atoms with E-state index in [-0.39, 0.29) is 19.0 Å². The third-order valence-corrected chi connectivity index (χ3v) is 4.89. The Morgan fingerprint density at radius 1 is 1.17 bits per heavy atom. The molecule has 2 rings (SSSR count). The van der Waals surface area contributed by atoms with Gasteiger partial charge >= 0.3 is 0 Å². The average Bonchev–Trinajstić information content (AvgIpc) is 2.51. The number of nitrogens with one attached hydrogen (secondary N) is 1. The van der Waals surface area contributed by atoms with Crippen LogP contribution in [0.3, 0.4) is 0 Å². The van der Waals surface area contributed by atoms with Crippen LogP contribution in [-0.2, 0) is 10.0 Å². The van der Waals surface area contributed by atoms with E-state index in [1.807, 2.05) is 19.1 Å². The fourth-order valence-corrected chi connectivity index (χ4v) is 3.49. The summed E-state index contributed by atoms with van der Waals surface area (Å²) >= 11 is 5.86. The number of amides is 1. The maximum atomic E-state index is 12.1. The first-order valence-electron chi connectivity index (χ1n) is 7.36. The molecule has 0 fully saturated rings. The number of carbonyl (C=O) groups is 1. The van der Waals surface area contributed by atoms with Crippen molar-refractivity contribution in [3.63, 3.8) is 0 Å². The molecule has 0 aliphatic carbocycles. The molecule has 0 aliphatic heterocycles. The van der Waals surface area contributed by atoms with Crippen LogP contribution >= 0.6 is 11.6 Å². The summed E-state index contributed by atoms with van der Waals surface area (Å²) in [4.78, 5) is 12.1. The van der Waals surface area contributed by atoms with Gasteiger partial charge in [0, 0.05) is 17.1 Å². The highest BCUT2D eigenvalue weighted by Gasteiger charge is 2.19. The maximum Gasteiger partial charge on any atom is 0.251 e. The van der Waals surface area contributed by atoms with Crippen LogP contribution in [0.25, 0.3) is 0 Å². The molecule has 2 aromatic carbocycles. The first-order chi connectivity index (χ1) is 11.3. The molecule has 0 aliphatic rings. The van der Waals surface area contributed by atoms with Gasteiger partial charge < -0.3 is 5.32 Å². The lowest BCUT2D eigenvalue weighted by molar-refractivity contribution is 0.0955. The van der Waals surface area contributed by atoms with Crippen molar-refractivity contribution in [2.75, 3.05) is 23.7 Å². The van der Waals surface area contributed by atoms with Gasteiger partial charge in [-0.2, -0.15) is 0 Å². The van der Waals surface area contributed by atoms with Gasteiger partial charge in [-0.1, -0.05) is 35.9 Å². The van der Waals surface area contributed by atoms with Crippen molar-refractivity contribution in [1.29, 1.82) is 0 Å². The van der Waals surface area contributed by atoms with Crippen molar-refractivity contribution in [3.8, 4) is 0 Å². The van der Waals surface area contributed by atoms with Crippen LogP contribution in [0.2, 0.25) is 5.02 Å². The van der Waals surface area contributed by atoms with Crippen LogP contribution < -0.4 is 9.62 Å². The molecule has 24 heavy (non-hydrogen) atoms. The number of hydrogen-bond acceptors (Lipinski definition) is 3. The topological polar surface area (TPSA) is 66.5 Å². The molecule has 1 amide bonds. The lowest BCUT2D eigenvalue weighted by Crippen LogP contribution is -2.38. The minimum absolute atomic E-state index is 0.149. The van der Waals surface area contributed by atoms with Gasteiger partial charge in [0.25, 0.3) is 5.91 Å². The molecule has 5 nitrogen and oxygen atoms in total. The third kappa shape index (κ3) is 4.72. The Balaban J connectivity index is 2.07. The summed E-state index contributed by atoms with van der Waals surface area (Å²) in [5.41, 5.74) is 1.89. The standard InChI is InChI=1S/C17H19ClN2O3S/c1-13-6-3-4-9-16(13)20(24(2,22)23)11-10-19-17(21)14-7-5-8-15(18)12-14/h3-9,12H,10-11H2,1-2H3,(H,19,21). The molecule has 0 spiro atoms. The predicted molar refractivity (Wildman–Crippen MR) is 97.2 cm³/mol. The zero-order valence-electron chi connectivity index (χ0n) is 13.5. The van der Waals surface area contributed by atoms with Crippen molar-refractivity contribution < 1.29 is 13.2 Å². The Hall–Kier alpha value is -2.05. The molecule has 7 heteroatoms. The van der Waals surface area contributed by atoms with E-state index in [0.717, 1.165) is 11.8 Å². The summed E-state index contributed by atoms with van der Waals surface area (Å²) < 4.78 is 25.4. The van der Waals surface area contributed by atoms with E-state index in [1.54, 1.807) is 36.4 Å². The molecular formula is C17H19ClN2O3S. The van der Waals surface area contributed by atoms with Crippen LogP contribution in [0, 0.1) is 6.92 Å². The number of halogens is 1. The number of hydrogen-bond donors (Lipinski definition) is 1. The van der Waals surface area contributed by atoms with E-state index in [4.69, 9.17) is 11.6 Å². The van der Waals surface area contributed by atoms with Crippen LogP contribution in [0.15, 0.2) is 48.5 Å². The van der Waals surface area contributed by atoms with Crippen molar-refractivity contribution in [3.05, 3.63) is 64.7 Å². The van der Waals surface area contributed by atoms with Gasteiger partial charge in [0.1, 0.15) is 0 Å².